The molecule has 0 spiro atoms. The molecule has 1 aliphatic heterocycles. The highest BCUT2D eigenvalue weighted by Gasteiger charge is 2.24. The summed E-state index contributed by atoms with van der Waals surface area (Å²) in [6.45, 7) is 6.74. The molecular formula is C14H20N2O3. The van der Waals surface area contributed by atoms with Crippen LogP contribution in [0.3, 0.4) is 0 Å². The summed E-state index contributed by atoms with van der Waals surface area (Å²) in [4.78, 5) is 15.6. The third-order valence-corrected chi connectivity index (χ3v) is 3.39. The molecule has 2 unspecified atom stereocenters. The van der Waals surface area contributed by atoms with E-state index in [0.717, 1.165) is 18.7 Å². The Bertz CT molecular complexity index is 474. The highest BCUT2D eigenvalue weighted by molar-refractivity contribution is 5.88. The number of carboxylic acid groups (broad SMARTS) is 1. The Morgan fingerprint density at radius 3 is 2.79 bits per heavy atom. The maximum absolute atomic E-state index is 11.1. The molecule has 19 heavy (non-hydrogen) atoms. The lowest BCUT2D eigenvalue weighted by Gasteiger charge is -2.18. The van der Waals surface area contributed by atoms with E-state index in [1.807, 2.05) is 20.8 Å². The predicted octanol–water partition coefficient (Wildman–Crippen LogP) is 2.49. The van der Waals surface area contributed by atoms with Gasteiger partial charge in [0.2, 0.25) is 0 Å². The van der Waals surface area contributed by atoms with Crippen LogP contribution in [-0.4, -0.2) is 34.8 Å². The molecule has 0 radical (unpaired) electrons. The lowest BCUT2D eigenvalue weighted by atomic mass is 10.1. The third kappa shape index (κ3) is 3.23. The van der Waals surface area contributed by atoms with Gasteiger partial charge in [0.05, 0.1) is 17.7 Å². The molecule has 2 atom stereocenters. The van der Waals surface area contributed by atoms with Gasteiger partial charge in [0, 0.05) is 12.3 Å². The molecule has 2 heterocycles. The summed E-state index contributed by atoms with van der Waals surface area (Å²) in [7, 11) is 0. The van der Waals surface area contributed by atoms with Gasteiger partial charge in [0.15, 0.2) is 0 Å². The van der Waals surface area contributed by atoms with E-state index >= 15 is 0 Å². The van der Waals surface area contributed by atoms with Gasteiger partial charge in [0.25, 0.3) is 0 Å². The van der Waals surface area contributed by atoms with Gasteiger partial charge >= 0.3 is 5.97 Å². The highest BCUT2D eigenvalue weighted by Crippen LogP contribution is 2.21. The van der Waals surface area contributed by atoms with Crippen molar-refractivity contribution in [1.29, 1.82) is 0 Å². The van der Waals surface area contributed by atoms with Crippen LogP contribution in [-0.2, 0) is 4.74 Å². The number of hydrogen-bond donors (Lipinski definition) is 2. The van der Waals surface area contributed by atoms with E-state index in [9.17, 15) is 4.79 Å². The van der Waals surface area contributed by atoms with Crippen molar-refractivity contribution in [3.8, 4) is 0 Å². The Morgan fingerprint density at radius 1 is 1.53 bits per heavy atom. The topological polar surface area (TPSA) is 71.5 Å². The predicted molar refractivity (Wildman–Crippen MR) is 72.7 cm³/mol. The lowest BCUT2D eigenvalue weighted by Crippen LogP contribution is -2.27. The Labute approximate surface area is 113 Å². The molecule has 0 saturated carbocycles. The number of aromatic nitrogens is 1. The second kappa shape index (κ2) is 5.57. The molecule has 0 amide bonds. The van der Waals surface area contributed by atoms with Gasteiger partial charge in [-0.05, 0) is 31.4 Å². The molecule has 1 aromatic heterocycles. The monoisotopic (exact) mass is 264 g/mol. The number of hydrogen-bond acceptors (Lipinski definition) is 4. The van der Waals surface area contributed by atoms with Crippen LogP contribution in [0.25, 0.3) is 0 Å². The van der Waals surface area contributed by atoms with E-state index in [1.54, 1.807) is 12.1 Å². The van der Waals surface area contributed by atoms with Crippen LogP contribution in [0, 0.1) is 0 Å². The zero-order valence-electron chi connectivity index (χ0n) is 11.5. The van der Waals surface area contributed by atoms with Gasteiger partial charge < -0.3 is 15.2 Å². The minimum Gasteiger partial charge on any atom is -0.478 e. The first-order valence-corrected chi connectivity index (χ1v) is 6.61. The maximum atomic E-state index is 11.1. The minimum atomic E-state index is -0.928. The molecular weight excluding hydrogens is 244 g/mol. The SMILES string of the molecule is CC(C)c1cc(C(=O)O)cc(NC2CCOC2C)n1. The first-order chi connectivity index (χ1) is 8.97. The Hall–Kier alpha value is -1.62. The minimum absolute atomic E-state index is 0.123. The first kappa shape index (κ1) is 13.8. The number of carboxylic acids is 1. The van der Waals surface area contributed by atoms with Crippen LogP contribution in [0.4, 0.5) is 5.82 Å². The normalized spacial score (nSPS) is 22.7. The van der Waals surface area contributed by atoms with Crippen molar-refractivity contribution in [2.24, 2.45) is 0 Å². The average molecular weight is 264 g/mol. The number of rotatable bonds is 4. The van der Waals surface area contributed by atoms with Crippen molar-refractivity contribution in [3.63, 3.8) is 0 Å². The number of pyridine rings is 1. The summed E-state index contributed by atoms with van der Waals surface area (Å²) in [5.74, 6) is -0.119. The zero-order valence-corrected chi connectivity index (χ0v) is 11.5. The van der Waals surface area contributed by atoms with Crippen molar-refractivity contribution >= 4 is 11.8 Å². The van der Waals surface area contributed by atoms with Crippen LogP contribution < -0.4 is 5.32 Å². The third-order valence-electron chi connectivity index (χ3n) is 3.39. The van der Waals surface area contributed by atoms with E-state index in [-0.39, 0.29) is 23.6 Å². The first-order valence-electron chi connectivity index (χ1n) is 6.61. The Balaban J connectivity index is 2.25. The zero-order chi connectivity index (χ0) is 14.0. The van der Waals surface area contributed by atoms with Gasteiger partial charge in [0.1, 0.15) is 5.82 Å². The molecule has 1 aliphatic rings. The van der Waals surface area contributed by atoms with Gasteiger partial charge in [-0.25, -0.2) is 9.78 Å². The van der Waals surface area contributed by atoms with Gasteiger partial charge in [-0.1, -0.05) is 13.8 Å². The van der Waals surface area contributed by atoms with E-state index in [2.05, 4.69) is 10.3 Å². The molecule has 0 bridgehead atoms. The fraction of sp³-hybridized carbons (Fsp3) is 0.571. The molecule has 2 N–H and O–H groups in total. The number of carbonyl (C=O) groups is 1. The van der Waals surface area contributed by atoms with Crippen molar-refractivity contribution in [2.45, 2.75) is 45.3 Å². The number of nitrogens with zero attached hydrogens (tertiary/aromatic N) is 1. The molecule has 1 fully saturated rings. The summed E-state index contributed by atoms with van der Waals surface area (Å²) in [6, 6.07) is 3.41. The fourth-order valence-electron chi connectivity index (χ4n) is 2.16. The van der Waals surface area contributed by atoms with Crippen molar-refractivity contribution in [3.05, 3.63) is 23.4 Å². The quantitative estimate of drug-likeness (QED) is 0.874. The molecule has 0 aliphatic carbocycles. The van der Waals surface area contributed by atoms with E-state index in [0.29, 0.717) is 5.82 Å². The Morgan fingerprint density at radius 2 is 2.26 bits per heavy atom. The van der Waals surface area contributed by atoms with Crippen molar-refractivity contribution < 1.29 is 14.6 Å². The number of nitrogens with one attached hydrogen (secondary N) is 1. The van der Waals surface area contributed by atoms with E-state index in [4.69, 9.17) is 9.84 Å². The number of ether oxygens (including phenoxy) is 1. The van der Waals surface area contributed by atoms with Crippen LogP contribution in [0.5, 0.6) is 0 Å². The molecule has 5 heteroatoms. The molecule has 1 saturated heterocycles. The maximum Gasteiger partial charge on any atom is 0.335 e. The summed E-state index contributed by atoms with van der Waals surface area (Å²) in [6.07, 6.45) is 1.04. The molecule has 2 rings (SSSR count). The second-order valence-electron chi connectivity index (χ2n) is 5.24. The largest absolute Gasteiger partial charge is 0.478 e. The fourth-order valence-corrected chi connectivity index (χ4v) is 2.16. The van der Waals surface area contributed by atoms with Crippen molar-refractivity contribution in [1.82, 2.24) is 4.98 Å². The molecule has 104 valence electrons. The van der Waals surface area contributed by atoms with Gasteiger partial charge in [-0.15, -0.1) is 0 Å². The smallest absolute Gasteiger partial charge is 0.335 e. The van der Waals surface area contributed by atoms with Crippen LogP contribution in [0.15, 0.2) is 12.1 Å². The summed E-state index contributed by atoms with van der Waals surface area (Å²) in [5.41, 5.74) is 1.06. The number of anilines is 1. The second-order valence-corrected chi connectivity index (χ2v) is 5.24. The van der Waals surface area contributed by atoms with Gasteiger partial charge in [-0.2, -0.15) is 0 Å². The van der Waals surface area contributed by atoms with Crippen LogP contribution in [0.1, 0.15) is 49.2 Å². The molecule has 0 aromatic carbocycles. The van der Waals surface area contributed by atoms with Gasteiger partial charge in [-0.3, -0.25) is 0 Å². The van der Waals surface area contributed by atoms with Crippen LogP contribution >= 0.6 is 0 Å². The highest BCUT2D eigenvalue weighted by atomic mass is 16.5. The summed E-state index contributed by atoms with van der Waals surface area (Å²) < 4.78 is 5.49. The Kier molecular flexibility index (Phi) is 4.04. The molecule has 5 nitrogen and oxygen atoms in total. The average Bonchev–Trinajstić information content (AvgIpc) is 2.74. The lowest BCUT2D eigenvalue weighted by molar-refractivity contribution is 0.0696. The van der Waals surface area contributed by atoms with E-state index in [1.165, 1.54) is 0 Å². The molecule has 1 aromatic rings. The summed E-state index contributed by atoms with van der Waals surface area (Å²) in [5, 5.41) is 12.4. The van der Waals surface area contributed by atoms with Crippen LogP contribution in [0.2, 0.25) is 0 Å². The number of aromatic carboxylic acids is 1. The van der Waals surface area contributed by atoms with E-state index < -0.39 is 5.97 Å². The summed E-state index contributed by atoms with van der Waals surface area (Å²) >= 11 is 0. The standard InChI is InChI=1S/C14H20N2O3/c1-8(2)12-6-10(14(17)18)7-13(16-12)15-11-4-5-19-9(11)3/h6-9,11H,4-5H2,1-3H3,(H,15,16)(H,17,18). The van der Waals surface area contributed by atoms with Crippen molar-refractivity contribution in [2.75, 3.05) is 11.9 Å².